The summed E-state index contributed by atoms with van der Waals surface area (Å²) in [6.07, 6.45) is 0. The van der Waals surface area contributed by atoms with Gasteiger partial charge in [-0.1, -0.05) is 11.3 Å². The van der Waals surface area contributed by atoms with Gasteiger partial charge < -0.3 is 4.90 Å². The maximum absolute atomic E-state index is 11.9. The molecule has 1 amide bonds. The third-order valence-corrected chi connectivity index (χ3v) is 2.97. The number of nitriles is 1. The Morgan fingerprint density at radius 2 is 2.38 bits per heavy atom. The van der Waals surface area contributed by atoms with Gasteiger partial charge in [0.1, 0.15) is 0 Å². The summed E-state index contributed by atoms with van der Waals surface area (Å²) in [5, 5.41) is 16.2. The third-order valence-electron chi connectivity index (χ3n) is 1.97. The molecular weight excluding hydrogens is 248 g/mol. The summed E-state index contributed by atoms with van der Waals surface area (Å²) in [5.74, 6) is -0.429. The van der Waals surface area contributed by atoms with Crippen molar-refractivity contribution in [3.8, 4) is 6.07 Å². The highest BCUT2D eigenvalue weighted by Crippen LogP contribution is 2.17. The minimum Gasteiger partial charge on any atom is -0.336 e. The van der Waals surface area contributed by atoms with Crippen molar-refractivity contribution in [2.45, 2.75) is 13.8 Å². The molecule has 0 radical (unpaired) electrons. The molecule has 0 N–H and O–H groups in total. The quantitative estimate of drug-likeness (QED) is 0.826. The predicted molar refractivity (Wildman–Crippen MR) is 61.3 cm³/mol. The Labute approximate surface area is 103 Å². The van der Waals surface area contributed by atoms with Crippen LogP contribution in [-0.2, 0) is 0 Å². The van der Waals surface area contributed by atoms with E-state index in [0.717, 1.165) is 11.3 Å². The van der Waals surface area contributed by atoms with Crippen molar-refractivity contribution >= 4 is 28.8 Å². The molecule has 0 saturated heterocycles. The summed E-state index contributed by atoms with van der Waals surface area (Å²) < 4.78 is 0.243. The minimum absolute atomic E-state index is 0.202. The second-order valence-electron chi connectivity index (χ2n) is 3.23. The van der Waals surface area contributed by atoms with Crippen molar-refractivity contribution in [2.24, 2.45) is 5.92 Å². The molecule has 5 nitrogen and oxygen atoms in total. The van der Waals surface area contributed by atoms with Crippen molar-refractivity contribution < 1.29 is 4.79 Å². The highest BCUT2D eigenvalue weighted by molar-refractivity contribution is 7.17. The van der Waals surface area contributed by atoms with Gasteiger partial charge in [0.15, 0.2) is 0 Å². The SMILES string of the molecule is CCN(CC(C)C#N)C(=O)c1nnc(Cl)s1. The van der Waals surface area contributed by atoms with E-state index in [-0.39, 0.29) is 21.3 Å². The molecule has 0 spiro atoms. The highest BCUT2D eigenvalue weighted by Gasteiger charge is 2.20. The topological polar surface area (TPSA) is 69.9 Å². The first-order chi connectivity index (χ1) is 7.58. The van der Waals surface area contributed by atoms with Crippen LogP contribution in [0.3, 0.4) is 0 Å². The molecule has 0 aromatic carbocycles. The molecule has 1 aromatic rings. The molecule has 0 bridgehead atoms. The number of carbonyl (C=O) groups excluding carboxylic acids is 1. The summed E-state index contributed by atoms with van der Waals surface area (Å²) >= 11 is 6.65. The third kappa shape index (κ3) is 3.15. The van der Waals surface area contributed by atoms with Gasteiger partial charge in [-0.2, -0.15) is 5.26 Å². The van der Waals surface area contributed by atoms with Crippen LogP contribution in [0.1, 0.15) is 23.6 Å². The zero-order valence-corrected chi connectivity index (χ0v) is 10.5. The predicted octanol–water partition coefficient (Wildman–Crippen LogP) is 1.81. The Kier molecular flexibility index (Phi) is 4.65. The molecule has 0 fully saturated rings. The van der Waals surface area contributed by atoms with Gasteiger partial charge in [-0.25, -0.2) is 0 Å². The maximum Gasteiger partial charge on any atom is 0.284 e. The van der Waals surface area contributed by atoms with Gasteiger partial charge in [0, 0.05) is 13.1 Å². The molecule has 0 saturated carbocycles. The smallest absolute Gasteiger partial charge is 0.284 e. The van der Waals surface area contributed by atoms with E-state index in [4.69, 9.17) is 16.9 Å². The second kappa shape index (κ2) is 5.77. The number of nitrogens with zero attached hydrogens (tertiary/aromatic N) is 4. The normalized spacial score (nSPS) is 11.9. The first-order valence-electron chi connectivity index (χ1n) is 4.76. The first-order valence-corrected chi connectivity index (χ1v) is 5.95. The summed E-state index contributed by atoms with van der Waals surface area (Å²) in [7, 11) is 0. The van der Waals surface area contributed by atoms with E-state index >= 15 is 0 Å². The Balaban J connectivity index is 2.74. The van der Waals surface area contributed by atoms with Crippen LogP contribution in [0.4, 0.5) is 0 Å². The van der Waals surface area contributed by atoms with E-state index in [1.807, 2.05) is 6.92 Å². The second-order valence-corrected chi connectivity index (χ2v) is 4.79. The van der Waals surface area contributed by atoms with Gasteiger partial charge in [0.05, 0.1) is 12.0 Å². The maximum atomic E-state index is 11.9. The number of rotatable bonds is 4. The standard InChI is InChI=1S/C9H11ClN4OS/c1-3-14(5-6(2)4-11)8(15)7-12-13-9(10)16-7/h6H,3,5H2,1-2H3. The molecule has 1 unspecified atom stereocenters. The zero-order chi connectivity index (χ0) is 12.1. The number of aromatic nitrogens is 2. The van der Waals surface area contributed by atoms with Crippen molar-refractivity contribution in [3.63, 3.8) is 0 Å². The van der Waals surface area contributed by atoms with Crippen LogP contribution in [0.2, 0.25) is 4.47 Å². The number of carbonyl (C=O) groups is 1. The van der Waals surface area contributed by atoms with Gasteiger partial charge in [-0.15, -0.1) is 10.2 Å². The van der Waals surface area contributed by atoms with Crippen LogP contribution < -0.4 is 0 Å². The fraction of sp³-hybridized carbons (Fsp3) is 0.556. The first kappa shape index (κ1) is 12.9. The van der Waals surface area contributed by atoms with Crippen molar-refractivity contribution in [1.82, 2.24) is 15.1 Å². The molecular formula is C9H11ClN4OS. The lowest BCUT2D eigenvalue weighted by atomic mass is 10.2. The van der Waals surface area contributed by atoms with E-state index in [2.05, 4.69) is 16.3 Å². The van der Waals surface area contributed by atoms with E-state index in [1.54, 1.807) is 11.8 Å². The Bertz CT molecular complexity index is 414. The number of hydrogen-bond donors (Lipinski definition) is 0. The van der Waals surface area contributed by atoms with Gasteiger partial charge in [-0.3, -0.25) is 4.79 Å². The lowest BCUT2D eigenvalue weighted by molar-refractivity contribution is 0.0751. The summed E-state index contributed by atoms with van der Waals surface area (Å²) in [4.78, 5) is 13.5. The molecule has 7 heteroatoms. The van der Waals surface area contributed by atoms with Gasteiger partial charge in [-0.05, 0) is 25.4 Å². The lowest BCUT2D eigenvalue weighted by Gasteiger charge is -2.20. The van der Waals surface area contributed by atoms with E-state index in [1.165, 1.54) is 0 Å². The summed E-state index contributed by atoms with van der Waals surface area (Å²) in [6.45, 7) is 4.54. The van der Waals surface area contributed by atoms with Gasteiger partial charge in [0.25, 0.3) is 5.91 Å². The molecule has 1 atom stereocenters. The van der Waals surface area contributed by atoms with E-state index in [9.17, 15) is 4.79 Å². The fourth-order valence-electron chi connectivity index (χ4n) is 1.15. The van der Waals surface area contributed by atoms with Gasteiger partial charge >= 0.3 is 0 Å². The molecule has 1 aromatic heterocycles. The van der Waals surface area contributed by atoms with Crippen molar-refractivity contribution in [1.29, 1.82) is 5.26 Å². The van der Waals surface area contributed by atoms with Crippen LogP contribution in [0.5, 0.6) is 0 Å². The van der Waals surface area contributed by atoms with Crippen LogP contribution in [0.25, 0.3) is 0 Å². The van der Waals surface area contributed by atoms with Crippen LogP contribution in [0.15, 0.2) is 0 Å². The summed E-state index contributed by atoms with van der Waals surface area (Å²) in [6, 6.07) is 2.09. The highest BCUT2D eigenvalue weighted by atomic mass is 35.5. The average molecular weight is 259 g/mol. The van der Waals surface area contributed by atoms with E-state index < -0.39 is 0 Å². The number of amides is 1. The van der Waals surface area contributed by atoms with Crippen molar-refractivity contribution in [3.05, 3.63) is 9.47 Å². The Hall–Kier alpha value is -1.19. The fourth-order valence-corrected chi connectivity index (χ4v) is 1.95. The Morgan fingerprint density at radius 1 is 1.69 bits per heavy atom. The molecule has 86 valence electrons. The molecule has 0 aliphatic heterocycles. The monoisotopic (exact) mass is 258 g/mol. The summed E-state index contributed by atoms with van der Waals surface area (Å²) in [5.41, 5.74) is 0. The zero-order valence-electron chi connectivity index (χ0n) is 8.97. The molecule has 0 aliphatic carbocycles. The van der Waals surface area contributed by atoms with Crippen LogP contribution in [-0.4, -0.2) is 34.1 Å². The molecule has 1 heterocycles. The Morgan fingerprint density at radius 3 is 2.81 bits per heavy atom. The number of halogens is 1. The van der Waals surface area contributed by atoms with Gasteiger partial charge in [0.2, 0.25) is 9.47 Å². The molecule has 0 aliphatic rings. The van der Waals surface area contributed by atoms with E-state index in [0.29, 0.717) is 13.1 Å². The van der Waals surface area contributed by atoms with Crippen molar-refractivity contribution in [2.75, 3.05) is 13.1 Å². The molecule has 1 rings (SSSR count). The van der Waals surface area contributed by atoms with Crippen LogP contribution >= 0.6 is 22.9 Å². The number of hydrogen-bond acceptors (Lipinski definition) is 5. The average Bonchev–Trinajstić information content (AvgIpc) is 2.71. The van der Waals surface area contributed by atoms with Crippen LogP contribution in [0, 0.1) is 17.2 Å². The minimum atomic E-state index is -0.228. The lowest BCUT2D eigenvalue weighted by Crippen LogP contribution is -2.34. The molecule has 16 heavy (non-hydrogen) atoms. The largest absolute Gasteiger partial charge is 0.336 e.